The Labute approximate surface area is 127 Å². The quantitative estimate of drug-likeness (QED) is 0.676. The van der Waals surface area contributed by atoms with Gasteiger partial charge in [-0.2, -0.15) is 0 Å². The molecule has 0 radical (unpaired) electrons. The number of aliphatic hydroxyl groups is 1. The van der Waals surface area contributed by atoms with Crippen LogP contribution in [0.3, 0.4) is 0 Å². The zero-order chi connectivity index (χ0) is 15.1. The maximum atomic E-state index is 11.2. The number of rotatable bonds is 8. The molecule has 1 saturated carbocycles. The summed E-state index contributed by atoms with van der Waals surface area (Å²) in [5.41, 5.74) is 0. The molecule has 0 aromatic rings. The number of aliphatic hydroxyl groups excluding tert-OH is 1. The molecule has 118 valence electrons. The van der Waals surface area contributed by atoms with E-state index in [9.17, 15) is 9.90 Å². The van der Waals surface area contributed by atoms with E-state index in [0.29, 0.717) is 11.8 Å². The first-order chi connectivity index (χ1) is 9.56. The Kier molecular flexibility index (Phi) is 7.92. The highest BCUT2D eigenvalue weighted by atomic mass is 32.2. The van der Waals surface area contributed by atoms with Crippen molar-refractivity contribution in [3.05, 3.63) is 0 Å². The van der Waals surface area contributed by atoms with Gasteiger partial charge >= 0.3 is 0 Å². The molecule has 1 aliphatic rings. The fourth-order valence-electron chi connectivity index (χ4n) is 3.36. The van der Waals surface area contributed by atoms with Crippen molar-refractivity contribution in [1.29, 1.82) is 0 Å². The van der Waals surface area contributed by atoms with E-state index in [1.807, 2.05) is 0 Å². The van der Waals surface area contributed by atoms with E-state index >= 15 is 0 Å². The zero-order valence-electron chi connectivity index (χ0n) is 13.1. The molecule has 2 unspecified atom stereocenters. The lowest BCUT2D eigenvalue weighted by Gasteiger charge is -2.52. The first-order valence-electron chi connectivity index (χ1n) is 7.68. The number of amides is 1. The van der Waals surface area contributed by atoms with Gasteiger partial charge in [0.15, 0.2) is 0 Å². The summed E-state index contributed by atoms with van der Waals surface area (Å²) in [6, 6.07) is 0. The van der Waals surface area contributed by atoms with Crippen LogP contribution in [-0.4, -0.2) is 35.5 Å². The van der Waals surface area contributed by atoms with Crippen LogP contribution in [0.25, 0.3) is 0 Å². The number of carbonyl (C=O) groups excluding carboxylic acids is 1. The smallest absolute Gasteiger partial charge is 0.280 e. The Bertz CT molecular complexity index is 301. The summed E-state index contributed by atoms with van der Waals surface area (Å²) in [6.07, 6.45) is 5.62. The van der Waals surface area contributed by atoms with Crippen molar-refractivity contribution in [1.82, 2.24) is 5.32 Å². The predicted molar refractivity (Wildman–Crippen MR) is 83.8 cm³/mol. The van der Waals surface area contributed by atoms with Crippen molar-refractivity contribution in [3.8, 4) is 0 Å². The van der Waals surface area contributed by atoms with Gasteiger partial charge in [-0.15, -0.1) is 0 Å². The van der Waals surface area contributed by atoms with Crippen LogP contribution in [0.4, 0.5) is 4.79 Å². The maximum Gasteiger partial charge on any atom is 0.280 e. The van der Waals surface area contributed by atoms with Crippen molar-refractivity contribution in [2.75, 3.05) is 13.0 Å². The summed E-state index contributed by atoms with van der Waals surface area (Å²) in [4.78, 5) is 11.2. The zero-order valence-corrected chi connectivity index (χ0v) is 13.9. The van der Waals surface area contributed by atoms with Gasteiger partial charge in [-0.1, -0.05) is 45.4 Å². The lowest BCUT2D eigenvalue weighted by Crippen LogP contribution is -2.57. The van der Waals surface area contributed by atoms with Gasteiger partial charge in [-0.3, -0.25) is 4.79 Å². The van der Waals surface area contributed by atoms with E-state index < -0.39 is 0 Å². The Balaban J connectivity index is 2.51. The summed E-state index contributed by atoms with van der Waals surface area (Å²) < 4.78 is 5.81. The molecule has 1 amide bonds. The topological polar surface area (TPSA) is 58.6 Å². The number of hydrogen-bond donors (Lipinski definition) is 2. The molecule has 0 heterocycles. The molecular weight excluding hydrogens is 274 g/mol. The van der Waals surface area contributed by atoms with E-state index in [1.165, 1.54) is 0 Å². The highest BCUT2D eigenvalue weighted by Crippen LogP contribution is 2.47. The van der Waals surface area contributed by atoms with Gasteiger partial charge in [0.1, 0.15) is 6.73 Å². The lowest BCUT2D eigenvalue weighted by molar-refractivity contribution is -0.177. The molecule has 0 saturated heterocycles. The molecule has 0 aromatic heterocycles. The summed E-state index contributed by atoms with van der Waals surface area (Å²) in [5, 5.41) is 13.0. The second-order valence-electron chi connectivity index (χ2n) is 5.69. The average molecular weight is 303 g/mol. The minimum absolute atomic E-state index is 0.0651. The van der Waals surface area contributed by atoms with Crippen molar-refractivity contribution in [2.45, 2.75) is 58.7 Å². The van der Waals surface area contributed by atoms with Crippen molar-refractivity contribution in [2.24, 2.45) is 17.8 Å². The van der Waals surface area contributed by atoms with E-state index in [1.54, 1.807) is 6.26 Å². The van der Waals surface area contributed by atoms with Crippen LogP contribution in [0.2, 0.25) is 0 Å². The van der Waals surface area contributed by atoms with Crippen molar-refractivity contribution in [3.63, 3.8) is 0 Å². The molecule has 0 spiro atoms. The van der Waals surface area contributed by atoms with Crippen LogP contribution in [0.15, 0.2) is 0 Å². The van der Waals surface area contributed by atoms with E-state index in [0.717, 1.165) is 37.4 Å². The first-order valence-corrected chi connectivity index (χ1v) is 8.90. The Morgan fingerprint density at radius 2 is 2.10 bits per heavy atom. The maximum absolute atomic E-state index is 11.2. The third-order valence-electron chi connectivity index (χ3n) is 4.40. The van der Waals surface area contributed by atoms with Crippen LogP contribution in [-0.2, 0) is 4.74 Å². The summed E-state index contributed by atoms with van der Waals surface area (Å²) in [7, 11) is 0. The Morgan fingerprint density at radius 1 is 1.40 bits per heavy atom. The third kappa shape index (κ3) is 4.37. The summed E-state index contributed by atoms with van der Waals surface area (Å²) >= 11 is 1.15. The van der Waals surface area contributed by atoms with Gasteiger partial charge in [0.25, 0.3) is 5.24 Å². The second kappa shape index (κ2) is 8.90. The average Bonchev–Trinajstić information content (AvgIpc) is 2.44. The number of carbonyl (C=O) groups is 1. The lowest BCUT2D eigenvalue weighted by atomic mass is 9.59. The van der Waals surface area contributed by atoms with Crippen molar-refractivity contribution >= 4 is 17.0 Å². The Morgan fingerprint density at radius 3 is 2.65 bits per heavy atom. The van der Waals surface area contributed by atoms with Gasteiger partial charge in [0.2, 0.25) is 0 Å². The molecule has 0 aliphatic heterocycles. The molecule has 0 bridgehead atoms. The molecule has 5 atom stereocenters. The van der Waals surface area contributed by atoms with Crippen LogP contribution < -0.4 is 5.32 Å². The normalized spacial score (nSPS) is 30.6. The van der Waals surface area contributed by atoms with E-state index in [-0.39, 0.29) is 30.1 Å². The monoisotopic (exact) mass is 303 g/mol. The van der Waals surface area contributed by atoms with Crippen LogP contribution in [0.1, 0.15) is 46.5 Å². The number of hydrogen-bond acceptors (Lipinski definition) is 4. The van der Waals surface area contributed by atoms with E-state index in [4.69, 9.17) is 4.74 Å². The molecule has 2 N–H and O–H groups in total. The SMILES string of the molecule is CCC[C@@H]1C([C@@H](O)CCC)C(OCNC(=O)SC)[C@@H]1C. The minimum Gasteiger partial charge on any atom is -0.393 e. The van der Waals surface area contributed by atoms with E-state index in [2.05, 4.69) is 26.1 Å². The number of thioether (sulfide) groups is 1. The van der Waals surface area contributed by atoms with Gasteiger partial charge in [0.05, 0.1) is 12.2 Å². The van der Waals surface area contributed by atoms with Gasteiger partial charge in [0, 0.05) is 5.92 Å². The highest BCUT2D eigenvalue weighted by Gasteiger charge is 2.50. The molecule has 20 heavy (non-hydrogen) atoms. The molecular formula is C15H29NO3S. The van der Waals surface area contributed by atoms with Crippen LogP contribution >= 0.6 is 11.8 Å². The molecule has 1 fully saturated rings. The van der Waals surface area contributed by atoms with Crippen molar-refractivity contribution < 1.29 is 14.6 Å². The largest absolute Gasteiger partial charge is 0.393 e. The number of ether oxygens (including phenoxy) is 1. The molecule has 0 aromatic carbocycles. The number of nitrogens with one attached hydrogen (secondary N) is 1. The predicted octanol–water partition coefficient (Wildman–Crippen LogP) is 3.24. The summed E-state index contributed by atoms with van der Waals surface area (Å²) in [6.45, 7) is 6.71. The van der Waals surface area contributed by atoms with Gasteiger partial charge in [-0.25, -0.2) is 0 Å². The molecule has 1 aliphatic carbocycles. The Hall–Kier alpha value is -0.260. The second-order valence-corrected chi connectivity index (χ2v) is 6.47. The minimum atomic E-state index is -0.283. The van der Waals surface area contributed by atoms with Crippen LogP contribution in [0.5, 0.6) is 0 Å². The molecule has 5 heteroatoms. The standard InChI is InChI=1S/C15H29NO3S/c1-5-7-11-10(3)14(13(11)12(17)8-6-2)19-9-16-15(18)20-4/h10-14,17H,5-9H2,1-4H3,(H,16,18)/t10-,11+,12+,13?,14?/m1/s1. The van der Waals surface area contributed by atoms with Gasteiger partial charge < -0.3 is 15.2 Å². The fourth-order valence-corrected chi connectivity index (χ4v) is 3.56. The van der Waals surface area contributed by atoms with Gasteiger partial charge in [-0.05, 0) is 30.9 Å². The molecule has 1 rings (SSSR count). The third-order valence-corrected chi connectivity index (χ3v) is 4.91. The summed E-state index contributed by atoms with van der Waals surface area (Å²) in [5.74, 6) is 1.22. The fraction of sp³-hybridized carbons (Fsp3) is 0.933. The van der Waals surface area contributed by atoms with Crippen LogP contribution in [0, 0.1) is 17.8 Å². The molecule has 4 nitrogen and oxygen atoms in total. The first kappa shape index (κ1) is 17.8. The highest BCUT2D eigenvalue weighted by molar-refractivity contribution is 8.12.